The topological polar surface area (TPSA) is 45.6 Å². The van der Waals surface area contributed by atoms with Gasteiger partial charge < -0.3 is 9.47 Å². The van der Waals surface area contributed by atoms with E-state index in [1.54, 1.807) is 34.8 Å². The zero-order valence-corrected chi connectivity index (χ0v) is 15.5. The highest BCUT2D eigenvalue weighted by Gasteiger charge is 2.39. The SMILES string of the molecule is Cn1cccc1C(=O)C(=O)N1C[C@H]2CC[C@@H]1CN(Cc1ccc(F)cc1)C2. The average Bonchev–Trinajstić information content (AvgIpc) is 2.90. The van der Waals surface area contributed by atoms with Crippen LogP contribution < -0.4 is 0 Å². The maximum Gasteiger partial charge on any atom is 0.296 e. The van der Waals surface area contributed by atoms with Gasteiger partial charge in [0.25, 0.3) is 11.7 Å². The third-order valence-corrected chi connectivity index (χ3v) is 5.74. The predicted molar refractivity (Wildman–Crippen MR) is 99.6 cm³/mol. The Morgan fingerprint density at radius 2 is 1.85 bits per heavy atom. The van der Waals surface area contributed by atoms with Gasteiger partial charge in [-0.1, -0.05) is 12.1 Å². The van der Waals surface area contributed by atoms with Gasteiger partial charge in [-0.25, -0.2) is 4.39 Å². The maximum atomic E-state index is 13.1. The molecule has 27 heavy (non-hydrogen) atoms. The van der Waals surface area contributed by atoms with Crippen LogP contribution in [0.5, 0.6) is 0 Å². The van der Waals surface area contributed by atoms with Crippen molar-refractivity contribution in [2.24, 2.45) is 13.0 Å². The zero-order chi connectivity index (χ0) is 19.0. The van der Waals surface area contributed by atoms with Crippen LogP contribution in [0.4, 0.5) is 4.39 Å². The van der Waals surface area contributed by atoms with Crippen molar-refractivity contribution < 1.29 is 14.0 Å². The third-order valence-electron chi connectivity index (χ3n) is 5.74. The summed E-state index contributed by atoms with van der Waals surface area (Å²) < 4.78 is 14.8. The number of ketones is 1. The first-order chi connectivity index (χ1) is 13.0. The second-order valence-electron chi connectivity index (χ2n) is 7.71. The Morgan fingerprint density at radius 1 is 1.07 bits per heavy atom. The number of hydrogen-bond acceptors (Lipinski definition) is 3. The lowest BCUT2D eigenvalue weighted by Crippen LogP contribution is -2.50. The van der Waals surface area contributed by atoms with Gasteiger partial charge in [0.15, 0.2) is 0 Å². The fraction of sp³-hybridized carbons (Fsp3) is 0.429. The number of aromatic nitrogens is 1. The van der Waals surface area contributed by atoms with Crippen LogP contribution in [0.3, 0.4) is 0 Å². The molecule has 2 bridgehead atoms. The number of hydrogen-bond donors (Lipinski definition) is 0. The summed E-state index contributed by atoms with van der Waals surface area (Å²) in [4.78, 5) is 29.7. The van der Waals surface area contributed by atoms with Crippen LogP contribution in [0, 0.1) is 11.7 Å². The lowest BCUT2D eigenvalue weighted by atomic mass is 9.94. The van der Waals surface area contributed by atoms with Gasteiger partial charge in [-0.15, -0.1) is 0 Å². The second kappa shape index (κ2) is 7.27. The van der Waals surface area contributed by atoms with Crippen molar-refractivity contribution in [3.8, 4) is 0 Å². The number of benzene rings is 1. The van der Waals surface area contributed by atoms with Gasteiger partial charge in [-0.05, 0) is 48.6 Å². The Balaban J connectivity index is 1.48. The molecule has 0 radical (unpaired) electrons. The second-order valence-corrected chi connectivity index (χ2v) is 7.71. The largest absolute Gasteiger partial charge is 0.348 e. The number of Topliss-reactive ketones (excluding diaryl/α,β-unsaturated/α-hetero) is 1. The number of piperidine rings is 1. The van der Waals surface area contributed by atoms with Crippen LogP contribution in [0.2, 0.25) is 0 Å². The molecule has 0 N–H and O–H groups in total. The van der Waals surface area contributed by atoms with Crippen molar-refractivity contribution in [3.05, 3.63) is 59.7 Å². The molecule has 3 aliphatic rings. The third kappa shape index (κ3) is 3.67. The smallest absolute Gasteiger partial charge is 0.296 e. The number of halogens is 1. The van der Waals surface area contributed by atoms with Crippen molar-refractivity contribution in [1.82, 2.24) is 14.4 Å². The molecule has 5 rings (SSSR count). The molecule has 1 aromatic carbocycles. The van der Waals surface area contributed by atoms with Crippen LogP contribution in [-0.4, -0.2) is 51.7 Å². The lowest BCUT2D eigenvalue weighted by Gasteiger charge is -2.35. The molecule has 5 nitrogen and oxygen atoms in total. The maximum absolute atomic E-state index is 13.1. The highest BCUT2D eigenvalue weighted by Crippen LogP contribution is 2.29. The van der Waals surface area contributed by atoms with Gasteiger partial charge >= 0.3 is 0 Å². The lowest BCUT2D eigenvalue weighted by molar-refractivity contribution is -0.130. The van der Waals surface area contributed by atoms with Crippen molar-refractivity contribution >= 4 is 11.7 Å². The Labute approximate surface area is 158 Å². The van der Waals surface area contributed by atoms with E-state index in [2.05, 4.69) is 4.90 Å². The highest BCUT2D eigenvalue weighted by atomic mass is 19.1. The Hall–Kier alpha value is -2.47. The minimum absolute atomic E-state index is 0.0564. The summed E-state index contributed by atoms with van der Waals surface area (Å²) in [6.45, 7) is 3.02. The first-order valence-electron chi connectivity index (χ1n) is 9.44. The molecular formula is C21H24FN3O2. The van der Waals surface area contributed by atoms with Gasteiger partial charge in [0.1, 0.15) is 5.82 Å². The minimum Gasteiger partial charge on any atom is -0.348 e. The van der Waals surface area contributed by atoms with Crippen LogP contribution in [0.25, 0.3) is 0 Å². The molecule has 4 heterocycles. The van der Waals surface area contributed by atoms with E-state index >= 15 is 0 Å². The Morgan fingerprint density at radius 3 is 2.56 bits per heavy atom. The van der Waals surface area contributed by atoms with E-state index in [4.69, 9.17) is 0 Å². The van der Waals surface area contributed by atoms with E-state index in [1.807, 2.05) is 12.1 Å². The quantitative estimate of drug-likeness (QED) is 0.614. The molecule has 142 valence electrons. The number of fused-ring (bicyclic) bond motifs is 4. The summed E-state index contributed by atoms with van der Waals surface area (Å²) in [5, 5.41) is 0. The number of carbonyl (C=O) groups excluding carboxylic acids is 2. The fourth-order valence-electron chi connectivity index (χ4n) is 4.34. The van der Waals surface area contributed by atoms with Crippen LogP contribution in [-0.2, 0) is 18.4 Å². The van der Waals surface area contributed by atoms with Gasteiger partial charge in [-0.3, -0.25) is 14.5 Å². The summed E-state index contributed by atoms with van der Waals surface area (Å²) in [5.74, 6) is -0.685. The Bertz CT molecular complexity index is 845. The molecule has 3 fully saturated rings. The first kappa shape index (κ1) is 17.9. The van der Waals surface area contributed by atoms with E-state index in [-0.39, 0.29) is 11.9 Å². The molecule has 6 heteroatoms. The molecule has 1 aromatic heterocycles. The molecule has 1 amide bonds. The van der Waals surface area contributed by atoms with E-state index in [0.29, 0.717) is 18.2 Å². The van der Waals surface area contributed by atoms with Gasteiger partial charge in [-0.2, -0.15) is 0 Å². The number of aryl methyl sites for hydroxylation is 1. The molecule has 2 atom stereocenters. The normalized spacial score (nSPS) is 22.7. The van der Waals surface area contributed by atoms with Crippen molar-refractivity contribution in [3.63, 3.8) is 0 Å². The molecule has 0 saturated carbocycles. The van der Waals surface area contributed by atoms with Gasteiger partial charge in [0, 0.05) is 45.5 Å². The summed E-state index contributed by atoms with van der Waals surface area (Å²) in [5.41, 5.74) is 1.50. The molecule has 2 aromatic rings. The van der Waals surface area contributed by atoms with Gasteiger partial charge in [0.05, 0.1) is 5.69 Å². The Kier molecular flexibility index (Phi) is 4.83. The van der Waals surface area contributed by atoms with E-state index in [9.17, 15) is 14.0 Å². The fourth-order valence-corrected chi connectivity index (χ4v) is 4.34. The van der Waals surface area contributed by atoms with Gasteiger partial charge in [0.2, 0.25) is 0 Å². The van der Waals surface area contributed by atoms with Crippen molar-refractivity contribution in [2.45, 2.75) is 25.4 Å². The molecule has 0 spiro atoms. The number of carbonyl (C=O) groups is 2. The predicted octanol–water partition coefficient (Wildman–Crippen LogP) is 2.47. The number of nitrogens with zero attached hydrogens (tertiary/aromatic N) is 3. The molecule has 3 aliphatic heterocycles. The van der Waals surface area contributed by atoms with E-state index < -0.39 is 11.7 Å². The highest BCUT2D eigenvalue weighted by molar-refractivity contribution is 6.42. The zero-order valence-electron chi connectivity index (χ0n) is 15.5. The summed E-state index contributed by atoms with van der Waals surface area (Å²) in [7, 11) is 1.78. The van der Waals surface area contributed by atoms with Crippen LogP contribution >= 0.6 is 0 Å². The summed E-state index contributed by atoms with van der Waals surface area (Å²) in [6.07, 6.45) is 3.78. The standard InChI is InChI=1S/C21H24FN3O2/c1-23-10-2-3-19(23)20(26)21(27)25-13-16-6-9-18(25)14-24(12-16)11-15-4-7-17(22)8-5-15/h2-5,7-8,10,16,18H,6,9,11-14H2,1H3/t16-,18+/m0/s1. The summed E-state index contributed by atoms with van der Waals surface area (Å²) in [6, 6.07) is 10.1. The van der Waals surface area contributed by atoms with Crippen LogP contribution in [0.1, 0.15) is 28.9 Å². The molecule has 0 aliphatic carbocycles. The summed E-state index contributed by atoms with van der Waals surface area (Å²) >= 11 is 0. The van der Waals surface area contributed by atoms with Crippen molar-refractivity contribution in [1.29, 1.82) is 0 Å². The molecule has 0 unspecified atom stereocenters. The first-order valence-corrected chi connectivity index (χ1v) is 9.44. The van der Waals surface area contributed by atoms with Crippen molar-refractivity contribution in [2.75, 3.05) is 19.6 Å². The molecule has 3 saturated heterocycles. The minimum atomic E-state index is -0.430. The average molecular weight is 369 g/mol. The number of rotatable bonds is 4. The molecular weight excluding hydrogens is 345 g/mol. The van der Waals surface area contributed by atoms with E-state index in [0.717, 1.165) is 38.0 Å². The van der Waals surface area contributed by atoms with E-state index in [1.165, 1.54) is 12.1 Å². The number of amides is 1. The monoisotopic (exact) mass is 369 g/mol. The van der Waals surface area contributed by atoms with Crippen LogP contribution in [0.15, 0.2) is 42.6 Å².